The van der Waals surface area contributed by atoms with E-state index in [4.69, 9.17) is 0 Å². The van der Waals surface area contributed by atoms with E-state index in [2.05, 4.69) is 31.0 Å². The van der Waals surface area contributed by atoms with Crippen LogP contribution in [-0.4, -0.2) is 48.8 Å². The fraction of sp³-hybridized carbons (Fsp3) is 1.00. The summed E-state index contributed by atoms with van der Waals surface area (Å²) >= 11 is 0. The lowest BCUT2D eigenvalue weighted by Crippen LogP contribution is -2.43. The van der Waals surface area contributed by atoms with E-state index in [1.54, 1.807) is 0 Å². The largest absolute Gasteiger partial charge is 0.390 e. The van der Waals surface area contributed by atoms with Crippen LogP contribution in [0.5, 0.6) is 0 Å². The molecule has 2 N–H and O–H groups in total. The van der Waals surface area contributed by atoms with Gasteiger partial charge in [0.25, 0.3) is 0 Å². The second-order valence-electron chi connectivity index (χ2n) is 5.82. The van der Waals surface area contributed by atoms with Crippen LogP contribution in [0.15, 0.2) is 0 Å². The first-order valence-corrected chi connectivity index (χ1v) is 6.64. The van der Waals surface area contributed by atoms with E-state index < -0.39 is 0 Å². The molecule has 1 atom stereocenters. The van der Waals surface area contributed by atoms with Gasteiger partial charge in [-0.1, -0.05) is 20.8 Å². The molecule has 0 aromatic heterocycles. The van der Waals surface area contributed by atoms with E-state index in [1.807, 2.05) is 0 Å². The van der Waals surface area contributed by atoms with E-state index in [-0.39, 0.29) is 6.10 Å². The molecular formula is C13H28N2O. The summed E-state index contributed by atoms with van der Waals surface area (Å²) in [4.78, 5) is 2.39. The molecule has 0 radical (unpaired) electrons. The predicted molar refractivity (Wildman–Crippen MR) is 68.6 cm³/mol. The molecule has 16 heavy (non-hydrogen) atoms. The number of nitrogens with zero attached hydrogens (tertiary/aromatic N) is 1. The third kappa shape index (κ3) is 5.28. The molecule has 0 aliphatic carbocycles. The number of hydrogen-bond donors (Lipinski definition) is 2. The van der Waals surface area contributed by atoms with Crippen molar-refractivity contribution in [3.63, 3.8) is 0 Å². The summed E-state index contributed by atoms with van der Waals surface area (Å²) in [6, 6.07) is 0. The van der Waals surface area contributed by atoms with Crippen LogP contribution in [0.2, 0.25) is 0 Å². The van der Waals surface area contributed by atoms with Gasteiger partial charge in [0.1, 0.15) is 0 Å². The molecule has 0 aromatic carbocycles. The van der Waals surface area contributed by atoms with Gasteiger partial charge in [0.2, 0.25) is 0 Å². The standard InChI is InChI=1S/C13H28N2O/c1-4-7-14-10-12(16)11-15-8-5-13(2,3)6-9-15/h12,14,16H,4-11H2,1-3H3. The molecule has 1 unspecified atom stereocenters. The zero-order valence-corrected chi connectivity index (χ0v) is 11.1. The molecule has 1 heterocycles. The van der Waals surface area contributed by atoms with Crippen LogP contribution in [0.4, 0.5) is 0 Å². The number of hydrogen-bond acceptors (Lipinski definition) is 3. The van der Waals surface area contributed by atoms with E-state index in [0.717, 1.165) is 39.1 Å². The minimum atomic E-state index is -0.215. The molecule has 0 saturated carbocycles. The number of nitrogens with one attached hydrogen (secondary N) is 1. The van der Waals surface area contributed by atoms with Gasteiger partial charge in [-0.15, -0.1) is 0 Å². The maximum Gasteiger partial charge on any atom is 0.0791 e. The van der Waals surface area contributed by atoms with Gasteiger partial charge in [0, 0.05) is 13.1 Å². The van der Waals surface area contributed by atoms with Crippen molar-refractivity contribution in [2.24, 2.45) is 5.41 Å². The van der Waals surface area contributed by atoms with Gasteiger partial charge in [0.05, 0.1) is 6.10 Å². The summed E-state index contributed by atoms with van der Waals surface area (Å²) in [7, 11) is 0. The second-order valence-corrected chi connectivity index (χ2v) is 5.82. The van der Waals surface area contributed by atoms with Gasteiger partial charge in [-0.3, -0.25) is 0 Å². The number of aliphatic hydroxyl groups excluding tert-OH is 1. The van der Waals surface area contributed by atoms with E-state index in [9.17, 15) is 5.11 Å². The molecule has 1 fully saturated rings. The highest BCUT2D eigenvalue weighted by Gasteiger charge is 2.25. The lowest BCUT2D eigenvalue weighted by Gasteiger charge is -2.37. The van der Waals surface area contributed by atoms with E-state index in [1.165, 1.54) is 12.8 Å². The first kappa shape index (κ1) is 13.9. The van der Waals surface area contributed by atoms with Crippen molar-refractivity contribution >= 4 is 0 Å². The SMILES string of the molecule is CCCNCC(O)CN1CCC(C)(C)CC1. The van der Waals surface area contributed by atoms with Crippen molar-refractivity contribution in [3.8, 4) is 0 Å². The van der Waals surface area contributed by atoms with Crippen molar-refractivity contribution in [2.75, 3.05) is 32.7 Å². The molecule has 1 aliphatic rings. The molecule has 0 aromatic rings. The average Bonchev–Trinajstić information content (AvgIpc) is 2.22. The number of piperidine rings is 1. The van der Waals surface area contributed by atoms with Gasteiger partial charge < -0.3 is 15.3 Å². The molecule has 3 nitrogen and oxygen atoms in total. The smallest absolute Gasteiger partial charge is 0.0791 e. The summed E-state index contributed by atoms with van der Waals surface area (Å²) in [5.74, 6) is 0. The molecule has 3 heteroatoms. The molecule has 1 rings (SSSR count). The highest BCUT2D eigenvalue weighted by molar-refractivity contribution is 4.80. The molecule has 1 saturated heterocycles. The summed E-state index contributed by atoms with van der Waals surface area (Å²) in [5, 5.41) is 13.1. The monoisotopic (exact) mass is 228 g/mol. The summed E-state index contributed by atoms with van der Waals surface area (Å²) in [6.07, 6.45) is 3.42. The van der Waals surface area contributed by atoms with Crippen LogP contribution >= 0.6 is 0 Å². The van der Waals surface area contributed by atoms with E-state index in [0.29, 0.717) is 5.41 Å². The molecule has 0 bridgehead atoms. The number of aliphatic hydroxyl groups is 1. The Morgan fingerprint density at radius 2 is 1.94 bits per heavy atom. The molecular weight excluding hydrogens is 200 g/mol. The third-order valence-corrected chi connectivity index (χ3v) is 3.49. The van der Waals surface area contributed by atoms with Crippen LogP contribution in [0.1, 0.15) is 40.0 Å². The van der Waals surface area contributed by atoms with Gasteiger partial charge in [0.15, 0.2) is 0 Å². The second kappa shape index (κ2) is 6.58. The topological polar surface area (TPSA) is 35.5 Å². The first-order chi connectivity index (χ1) is 7.53. The molecule has 1 aliphatic heterocycles. The first-order valence-electron chi connectivity index (χ1n) is 6.64. The lowest BCUT2D eigenvalue weighted by atomic mass is 9.82. The average molecular weight is 228 g/mol. The van der Waals surface area contributed by atoms with E-state index >= 15 is 0 Å². The Labute approximate surface area is 100 Å². The Morgan fingerprint density at radius 3 is 2.50 bits per heavy atom. The van der Waals surface area contributed by atoms with Crippen molar-refractivity contribution in [1.29, 1.82) is 0 Å². The normalized spacial score (nSPS) is 23.2. The molecule has 96 valence electrons. The number of rotatable bonds is 6. The highest BCUT2D eigenvalue weighted by atomic mass is 16.3. The zero-order chi connectivity index (χ0) is 12.0. The summed E-state index contributed by atoms with van der Waals surface area (Å²) in [5.41, 5.74) is 0.502. The van der Waals surface area contributed by atoms with Gasteiger partial charge in [-0.25, -0.2) is 0 Å². The van der Waals surface area contributed by atoms with Crippen molar-refractivity contribution < 1.29 is 5.11 Å². The predicted octanol–water partition coefficient (Wildman–Crippen LogP) is 1.47. The van der Waals surface area contributed by atoms with Crippen molar-refractivity contribution in [2.45, 2.75) is 46.1 Å². The zero-order valence-electron chi connectivity index (χ0n) is 11.1. The Hall–Kier alpha value is -0.120. The Balaban J connectivity index is 2.13. The minimum absolute atomic E-state index is 0.215. The van der Waals surface area contributed by atoms with Crippen LogP contribution in [0, 0.1) is 5.41 Å². The van der Waals surface area contributed by atoms with Crippen LogP contribution < -0.4 is 5.32 Å². The third-order valence-electron chi connectivity index (χ3n) is 3.49. The molecule has 0 amide bonds. The Bertz CT molecular complexity index is 184. The maximum atomic E-state index is 9.85. The Morgan fingerprint density at radius 1 is 1.31 bits per heavy atom. The summed E-state index contributed by atoms with van der Waals surface area (Å²) < 4.78 is 0. The van der Waals surface area contributed by atoms with Gasteiger partial charge in [-0.2, -0.15) is 0 Å². The van der Waals surface area contributed by atoms with Crippen LogP contribution in [0.3, 0.4) is 0 Å². The number of β-amino-alcohol motifs (C(OH)–C–C–N with tert-alkyl or cyclic N) is 1. The Kier molecular flexibility index (Phi) is 5.73. The van der Waals surface area contributed by atoms with Crippen molar-refractivity contribution in [1.82, 2.24) is 10.2 Å². The maximum absolute atomic E-state index is 9.85. The molecule has 0 spiro atoms. The van der Waals surface area contributed by atoms with Gasteiger partial charge in [-0.05, 0) is 44.3 Å². The van der Waals surface area contributed by atoms with Crippen molar-refractivity contribution in [3.05, 3.63) is 0 Å². The quantitative estimate of drug-likeness (QED) is 0.676. The lowest BCUT2D eigenvalue weighted by molar-refractivity contribution is 0.0704. The number of likely N-dealkylation sites (tertiary alicyclic amines) is 1. The highest BCUT2D eigenvalue weighted by Crippen LogP contribution is 2.29. The van der Waals surface area contributed by atoms with Crippen LogP contribution in [0.25, 0.3) is 0 Å². The van der Waals surface area contributed by atoms with Gasteiger partial charge >= 0.3 is 0 Å². The summed E-state index contributed by atoms with van der Waals surface area (Å²) in [6.45, 7) is 11.7. The van der Waals surface area contributed by atoms with Crippen LogP contribution in [-0.2, 0) is 0 Å². The fourth-order valence-corrected chi connectivity index (χ4v) is 2.15. The minimum Gasteiger partial charge on any atom is -0.390 e. The fourth-order valence-electron chi connectivity index (χ4n) is 2.15.